The van der Waals surface area contributed by atoms with E-state index in [4.69, 9.17) is 5.73 Å². The molecule has 0 spiro atoms. The van der Waals surface area contributed by atoms with Crippen LogP contribution in [-0.2, 0) is 6.42 Å². The van der Waals surface area contributed by atoms with Crippen molar-refractivity contribution in [2.75, 3.05) is 0 Å². The summed E-state index contributed by atoms with van der Waals surface area (Å²) in [5.74, 6) is -0.255. The summed E-state index contributed by atoms with van der Waals surface area (Å²) in [5, 5.41) is 0. The maximum atomic E-state index is 13.0. The fraction of sp³-hybridized carbons (Fsp3) is 0.300. The summed E-state index contributed by atoms with van der Waals surface area (Å²) in [6.07, 6.45) is 3.62. The molecular formula is C10H13FN2. The van der Waals surface area contributed by atoms with Gasteiger partial charge in [-0.15, -0.1) is 0 Å². The summed E-state index contributed by atoms with van der Waals surface area (Å²) in [4.78, 5) is 3.90. The Labute approximate surface area is 77.3 Å². The number of aromatic nitrogens is 1. The van der Waals surface area contributed by atoms with Crippen molar-refractivity contribution in [2.24, 2.45) is 5.73 Å². The number of nitrogens with zero attached hydrogens (tertiary/aromatic N) is 1. The predicted octanol–water partition coefficient (Wildman–Crippen LogP) is 2.10. The van der Waals surface area contributed by atoms with Crippen LogP contribution in [0.2, 0.25) is 0 Å². The molecule has 70 valence electrons. The average Bonchev–Trinajstić information content (AvgIpc) is 2.07. The first kappa shape index (κ1) is 9.71. The van der Waals surface area contributed by atoms with Crippen LogP contribution >= 0.6 is 0 Å². The second-order valence-corrected chi connectivity index (χ2v) is 2.94. The Kier molecular flexibility index (Phi) is 3.01. The van der Waals surface area contributed by atoms with E-state index in [2.05, 4.69) is 4.98 Å². The highest BCUT2D eigenvalue weighted by Gasteiger charge is 2.00. The minimum absolute atomic E-state index is 0.255. The van der Waals surface area contributed by atoms with Gasteiger partial charge in [0.1, 0.15) is 5.82 Å². The van der Waals surface area contributed by atoms with Gasteiger partial charge in [-0.3, -0.25) is 4.98 Å². The number of nitrogens with two attached hydrogens (primary N) is 1. The lowest BCUT2D eigenvalue weighted by molar-refractivity contribution is 0.605. The van der Waals surface area contributed by atoms with Gasteiger partial charge in [-0.2, -0.15) is 0 Å². The van der Waals surface area contributed by atoms with Gasteiger partial charge in [-0.05, 0) is 31.1 Å². The number of hydrogen-bond donors (Lipinski definition) is 1. The Morgan fingerprint density at radius 3 is 2.92 bits per heavy atom. The van der Waals surface area contributed by atoms with E-state index in [0.29, 0.717) is 23.4 Å². The van der Waals surface area contributed by atoms with Gasteiger partial charge in [0, 0.05) is 5.70 Å². The zero-order chi connectivity index (χ0) is 9.84. The molecule has 0 atom stereocenters. The lowest BCUT2D eigenvalue weighted by atomic mass is 10.1. The Bertz CT molecular complexity index is 328. The number of hydrogen-bond acceptors (Lipinski definition) is 2. The number of pyridine rings is 1. The smallest absolute Gasteiger partial charge is 0.144 e. The third-order valence-electron chi connectivity index (χ3n) is 1.71. The van der Waals surface area contributed by atoms with Crippen molar-refractivity contribution in [1.29, 1.82) is 0 Å². The molecule has 0 saturated carbocycles. The maximum Gasteiger partial charge on any atom is 0.144 e. The van der Waals surface area contributed by atoms with Crippen molar-refractivity contribution in [1.82, 2.24) is 4.98 Å². The van der Waals surface area contributed by atoms with E-state index in [1.165, 1.54) is 6.20 Å². The fourth-order valence-electron chi connectivity index (χ4n) is 1.08. The van der Waals surface area contributed by atoms with Crippen LogP contribution in [0.4, 0.5) is 4.39 Å². The van der Waals surface area contributed by atoms with E-state index in [9.17, 15) is 4.39 Å². The average molecular weight is 180 g/mol. The molecular weight excluding hydrogens is 167 g/mol. The van der Waals surface area contributed by atoms with Gasteiger partial charge in [-0.25, -0.2) is 4.39 Å². The minimum Gasteiger partial charge on any atom is -0.402 e. The molecule has 2 N–H and O–H groups in total. The molecule has 0 aliphatic carbocycles. The molecule has 0 aliphatic rings. The van der Waals surface area contributed by atoms with Crippen LogP contribution in [0.1, 0.15) is 25.1 Å². The summed E-state index contributed by atoms with van der Waals surface area (Å²) in [6.45, 7) is 3.68. The van der Waals surface area contributed by atoms with Gasteiger partial charge >= 0.3 is 0 Å². The fourth-order valence-corrected chi connectivity index (χ4v) is 1.08. The van der Waals surface area contributed by atoms with Gasteiger partial charge in [-0.1, -0.05) is 6.92 Å². The molecule has 0 unspecified atom stereocenters. The highest BCUT2D eigenvalue weighted by molar-refractivity contribution is 5.48. The molecule has 0 fully saturated rings. The zero-order valence-electron chi connectivity index (χ0n) is 7.84. The molecule has 1 aromatic rings. The van der Waals surface area contributed by atoms with Crippen LogP contribution < -0.4 is 5.73 Å². The van der Waals surface area contributed by atoms with Crippen LogP contribution in [-0.4, -0.2) is 4.98 Å². The Morgan fingerprint density at radius 2 is 2.38 bits per heavy atom. The second-order valence-electron chi connectivity index (χ2n) is 2.94. The van der Waals surface area contributed by atoms with Crippen LogP contribution in [0, 0.1) is 5.82 Å². The monoisotopic (exact) mass is 180 g/mol. The molecule has 3 heteroatoms. The SMILES string of the molecule is CCc1cc(/C=C(/C)N)ncc1F. The van der Waals surface area contributed by atoms with Gasteiger partial charge < -0.3 is 5.73 Å². The first-order valence-corrected chi connectivity index (χ1v) is 4.21. The van der Waals surface area contributed by atoms with Gasteiger partial charge in [0.05, 0.1) is 11.9 Å². The summed E-state index contributed by atoms with van der Waals surface area (Å²) in [6, 6.07) is 1.71. The standard InChI is InChI=1S/C10H13FN2/c1-3-8-5-9(4-7(2)12)13-6-10(8)11/h4-6H,3,12H2,1-2H3/b7-4-. The molecule has 2 nitrogen and oxygen atoms in total. The summed E-state index contributed by atoms with van der Waals surface area (Å²) < 4.78 is 13.0. The molecule has 13 heavy (non-hydrogen) atoms. The highest BCUT2D eigenvalue weighted by atomic mass is 19.1. The van der Waals surface area contributed by atoms with Gasteiger partial charge in [0.25, 0.3) is 0 Å². The van der Waals surface area contributed by atoms with E-state index >= 15 is 0 Å². The van der Waals surface area contributed by atoms with Crippen molar-refractivity contribution < 1.29 is 4.39 Å². The maximum absolute atomic E-state index is 13.0. The molecule has 1 rings (SSSR count). The van der Waals surface area contributed by atoms with Crippen molar-refractivity contribution in [3.05, 3.63) is 35.0 Å². The summed E-state index contributed by atoms with van der Waals surface area (Å²) in [7, 11) is 0. The summed E-state index contributed by atoms with van der Waals surface area (Å²) in [5.41, 5.74) is 7.52. The topological polar surface area (TPSA) is 38.9 Å². The van der Waals surface area contributed by atoms with Crippen LogP contribution in [0.25, 0.3) is 6.08 Å². The van der Waals surface area contributed by atoms with Crippen LogP contribution in [0.3, 0.4) is 0 Å². The third-order valence-corrected chi connectivity index (χ3v) is 1.71. The quantitative estimate of drug-likeness (QED) is 0.757. The van der Waals surface area contributed by atoms with Crippen molar-refractivity contribution in [3.63, 3.8) is 0 Å². The largest absolute Gasteiger partial charge is 0.402 e. The van der Waals surface area contributed by atoms with E-state index in [-0.39, 0.29) is 5.82 Å². The van der Waals surface area contributed by atoms with Gasteiger partial charge in [0.2, 0.25) is 0 Å². The molecule has 1 aromatic heterocycles. The second kappa shape index (κ2) is 4.03. The minimum atomic E-state index is -0.255. The van der Waals surface area contributed by atoms with E-state index < -0.39 is 0 Å². The Morgan fingerprint density at radius 1 is 1.69 bits per heavy atom. The molecule has 0 aromatic carbocycles. The van der Waals surface area contributed by atoms with Crippen molar-refractivity contribution >= 4 is 6.08 Å². The van der Waals surface area contributed by atoms with E-state index in [1.807, 2.05) is 6.92 Å². The number of aryl methyl sites for hydroxylation is 1. The molecule has 0 radical (unpaired) electrons. The lowest BCUT2D eigenvalue weighted by Gasteiger charge is -2.00. The Balaban J connectivity index is 3.06. The number of halogens is 1. The molecule has 1 heterocycles. The zero-order valence-corrected chi connectivity index (χ0v) is 7.84. The lowest BCUT2D eigenvalue weighted by Crippen LogP contribution is -1.95. The first-order chi connectivity index (χ1) is 6.13. The van der Waals surface area contributed by atoms with Gasteiger partial charge in [0.15, 0.2) is 0 Å². The molecule has 0 aliphatic heterocycles. The molecule has 0 saturated heterocycles. The molecule has 0 bridgehead atoms. The highest BCUT2D eigenvalue weighted by Crippen LogP contribution is 2.10. The van der Waals surface area contributed by atoms with Crippen LogP contribution in [0.5, 0.6) is 0 Å². The predicted molar refractivity (Wildman–Crippen MR) is 51.4 cm³/mol. The number of allylic oxidation sites excluding steroid dienone is 1. The Hall–Kier alpha value is -1.38. The van der Waals surface area contributed by atoms with Crippen molar-refractivity contribution in [2.45, 2.75) is 20.3 Å². The third kappa shape index (κ3) is 2.54. The first-order valence-electron chi connectivity index (χ1n) is 4.21. The van der Waals surface area contributed by atoms with Crippen LogP contribution in [0.15, 0.2) is 18.0 Å². The van der Waals surface area contributed by atoms with Crippen molar-refractivity contribution in [3.8, 4) is 0 Å². The summed E-state index contributed by atoms with van der Waals surface area (Å²) >= 11 is 0. The normalized spacial score (nSPS) is 11.8. The number of rotatable bonds is 2. The molecule has 0 amide bonds. The van der Waals surface area contributed by atoms with E-state index in [0.717, 1.165) is 0 Å². The van der Waals surface area contributed by atoms with E-state index in [1.54, 1.807) is 19.1 Å².